The molecule has 9 heteroatoms. The Morgan fingerprint density at radius 1 is 1.42 bits per heavy atom. The molecule has 3 N–H and O–H groups in total. The smallest absolute Gasteiger partial charge is 0.319 e. The van der Waals surface area contributed by atoms with Crippen molar-refractivity contribution in [3.8, 4) is 5.75 Å². The third-order valence-corrected chi connectivity index (χ3v) is 4.43. The van der Waals surface area contributed by atoms with Crippen LogP contribution < -0.4 is 25.8 Å². The number of ether oxygens (including phenoxy) is 1. The lowest BCUT2D eigenvalue weighted by Gasteiger charge is -2.19. The summed E-state index contributed by atoms with van der Waals surface area (Å²) in [6.45, 7) is 3.75. The summed E-state index contributed by atoms with van der Waals surface area (Å²) in [6.07, 6.45) is 2.27. The standard InChI is InChI=1S/C17H20ClN5O3/c1-2-26-13-5-3-11(4-6-13)20-17(25)21-12-7-8-23(10-12)14-9-19-22-16(24)15(14)18/h3-6,9,12H,2,7-8,10H2,1H3,(H,22,24)(H2,20,21,25)/t12-/m1/s1. The summed E-state index contributed by atoms with van der Waals surface area (Å²) in [5.74, 6) is 0.758. The van der Waals surface area contributed by atoms with Crippen molar-refractivity contribution in [3.63, 3.8) is 0 Å². The number of urea groups is 1. The largest absolute Gasteiger partial charge is 0.494 e. The summed E-state index contributed by atoms with van der Waals surface area (Å²) in [4.78, 5) is 25.7. The number of H-pyrrole nitrogens is 1. The van der Waals surface area contributed by atoms with Gasteiger partial charge < -0.3 is 20.3 Å². The molecule has 1 aliphatic rings. The number of hydrogen-bond donors (Lipinski definition) is 3. The number of amides is 2. The van der Waals surface area contributed by atoms with Crippen molar-refractivity contribution in [2.45, 2.75) is 19.4 Å². The third-order valence-electron chi connectivity index (χ3n) is 4.06. The fourth-order valence-electron chi connectivity index (χ4n) is 2.85. The van der Waals surface area contributed by atoms with Crippen LogP contribution in [0.3, 0.4) is 0 Å². The zero-order valence-electron chi connectivity index (χ0n) is 14.3. The predicted octanol–water partition coefficient (Wildman–Crippen LogP) is 2.22. The number of anilines is 2. The van der Waals surface area contributed by atoms with Crippen molar-refractivity contribution in [1.82, 2.24) is 15.5 Å². The number of rotatable bonds is 5. The van der Waals surface area contributed by atoms with Crippen LogP contribution >= 0.6 is 11.6 Å². The highest BCUT2D eigenvalue weighted by atomic mass is 35.5. The summed E-state index contributed by atoms with van der Waals surface area (Å²) >= 11 is 6.03. The van der Waals surface area contributed by atoms with Crippen molar-refractivity contribution < 1.29 is 9.53 Å². The maximum atomic E-state index is 12.2. The lowest BCUT2D eigenvalue weighted by atomic mass is 10.2. The number of aromatic nitrogens is 2. The van der Waals surface area contributed by atoms with Crippen molar-refractivity contribution in [2.24, 2.45) is 0 Å². The summed E-state index contributed by atoms with van der Waals surface area (Å²) in [6, 6.07) is 6.85. The van der Waals surface area contributed by atoms with E-state index in [0.717, 1.165) is 12.2 Å². The molecule has 1 saturated heterocycles. The summed E-state index contributed by atoms with van der Waals surface area (Å²) in [5, 5.41) is 11.9. The van der Waals surface area contributed by atoms with Crippen molar-refractivity contribution in [3.05, 3.63) is 45.8 Å². The topological polar surface area (TPSA) is 99.3 Å². The first kappa shape index (κ1) is 18.1. The highest BCUT2D eigenvalue weighted by Gasteiger charge is 2.26. The minimum absolute atomic E-state index is 0.0481. The fourth-order valence-corrected chi connectivity index (χ4v) is 3.06. The molecule has 0 radical (unpaired) electrons. The number of nitrogens with zero attached hydrogens (tertiary/aromatic N) is 2. The molecule has 1 aromatic carbocycles. The van der Waals surface area contributed by atoms with E-state index in [2.05, 4.69) is 20.8 Å². The van der Waals surface area contributed by atoms with Crippen LogP contribution in [0, 0.1) is 0 Å². The molecule has 2 heterocycles. The molecule has 8 nitrogen and oxygen atoms in total. The molecule has 0 bridgehead atoms. The lowest BCUT2D eigenvalue weighted by Crippen LogP contribution is -2.39. The predicted molar refractivity (Wildman–Crippen MR) is 100 cm³/mol. The Morgan fingerprint density at radius 3 is 2.92 bits per heavy atom. The molecule has 1 aliphatic heterocycles. The van der Waals surface area contributed by atoms with E-state index in [4.69, 9.17) is 16.3 Å². The van der Waals surface area contributed by atoms with Crippen LogP contribution in [-0.2, 0) is 0 Å². The Balaban J connectivity index is 1.54. The van der Waals surface area contributed by atoms with E-state index in [-0.39, 0.29) is 17.1 Å². The highest BCUT2D eigenvalue weighted by Crippen LogP contribution is 2.24. The van der Waals surface area contributed by atoms with Gasteiger partial charge in [0.05, 0.1) is 18.5 Å². The quantitative estimate of drug-likeness (QED) is 0.742. The number of aromatic amines is 1. The van der Waals surface area contributed by atoms with Crippen LogP contribution in [0.5, 0.6) is 5.75 Å². The first-order chi connectivity index (χ1) is 12.6. The summed E-state index contributed by atoms with van der Waals surface area (Å²) < 4.78 is 5.37. The number of hydrogen-bond acceptors (Lipinski definition) is 5. The summed E-state index contributed by atoms with van der Waals surface area (Å²) in [7, 11) is 0. The molecule has 0 aliphatic carbocycles. The minimum atomic E-state index is -0.422. The van der Waals surface area contributed by atoms with Gasteiger partial charge in [-0.05, 0) is 37.6 Å². The van der Waals surface area contributed by atoms with E-state index in [9.17, 15) is 9.59 Å². The highest BCUT2D eigenvalue weighted by molar-refractivity contribution is 6.33. The molecule has 2 aromatic rings. The van der Waals surface area contributed by atoms with Crippen LogP contribution in [0.1, 0.15) is 13.3 Å². The average molecular weight is 378 g/mol. The molecule has 138 valence electrons. The Hall–Kier alpha value is -2.74. The van der Waals surface area contributed by atoms with E-state index < -0.39 is 5.56 Å². The lowest BCUT2D eigenvalue weighted by molar-refractivity contribution is 0.249. The molecule has 0 saturated carbocycles. The SMILES string of the molecule is CCOc1ccc(NC(=O)N[C@@H]2CCN(c3cn[nH]c(=O)c3Cl)C2)cc1. The second-order valence-corrected chi connectivity index (χ2v) is 6.26. The monoisotopic (exact) mass is 377 g/mol. The molecule has 0 spiro atoms. The van der Waals surface area contributed by atoms with Crippen LogP contribution in [0.25, 0.3) is 0 Å². The maximum absolute atomic E-state index is 12.2. The minimum Gasteiger partial charge on any atom is -0.494 e. The molecular formula is C17H20ClN5O3. The average Bonchev–Trinajstić information content (AvgIpc) is 3.07. The normalized spacial score (nSPS) is 16.4. The van der Waals surface area contributed by atoms with Gasteiger partial charge in [0.1, 0.15) is 10.8 Å². The second kappa shape index (κ2) is 8.09. The number of carbonyl (C=O) groups is 1. The van der Waals surface area contributed by atoms with Gasteiger partial charge in [-0.1, -0.05) is 11.6 Å². The van der Waals surface area contributed by atoms with E-state index in [1.54, 1.807) is 24.3 Å². The number of halogens is 1. The maximum Gasteiger partial charge on any atom is 0.319 e. The van der Waals surface area contributed by atoms with Gasteiger partial charge in [-0.2, -0.15) is 5.10 Å². The molecule has 26 heavy (non-hydrogen) atoms. The molecule has 3 rings (SSSR count). The Bertz CT molecular complexity index is 824. The Kier molecular flexibility index (Phi) is 5.62. The zero-order chi connectivity index (χ0) is 18.5. The van der Waals surface area contributed by atoms with Crippen LogP contribution in [0.4, 0.5) is 16.2 Å². The van der Waals surface area contributed by atoms with Crippen molar-refractivity contribution in [2.75, 3.05) is 29.9 Å². The van der Waals surface area contributed by atoms with Crippen molar-refractivity contribution in [1.29, 1.82) is 0 Å². The summed E-state index contributed by atoms with van der Waals surface area (Å²) in [5.41, 5.74) is 0.836. The van der Waals surface area contributed by atoms with Crippen molar-refractivity contribution >= 4 is 29.0 Å². The second-order valence-electron chi connectivity index (χ2n) is 5.89. The van der Waals surface area contributed by atoms with Crippen LogP contribution in [-0.4, -0.2) is 42.0 Å². The molecular weight excluding hydrogens is 358 g/mol. The van der Waals surface area contributed by atoms with Gasteiger partial charge in [0.2, 0.25) is 0 Å². The molecule has 1 aromatic heterocycles. The third kappa shape index (κ3) is 4.26. The Labute approximate surface area is 155 Å². The number of benzene rings is 1. The first-order valence-electron chi connectivity index (χ1n) is 8.35. The van der Waals surface area contributed by atoms with Crippen LogP contribution in [0.15, 0.2) is 35.3 Å². The van der Waals surface area contributed by atoms with E-state index >= 15 is 0 Å². The number of carbonyl (C=O) groups excluding carboxylic acids is 1. The van der Waals surface area contributed by atoms with Gasteiger partial charge in [-0.25, -0.2) is 9.89 Å². The Morgan fingerprint density at radius 2 is 2.19 bits per heavy atom. The van der Waals surface area contributed by atoms with E-state index in [0.29, 0.717) is 31.1 Å². The van der Waals surface area contributed by atoms with Gasteiger partial charge in [0.15, 0.2) is 0 Å². The molecule has 0 unspecified atom stereocenters. The van der Waals surface area contributed by atoms with Gasteiger partial charge in [0.25, 0.3) is 5.56 Å². The molecule has 1 fully saturated rings. The van der Waals surface area contributed by atoms with E-state index in [1.165, 1.54) is 6.20 Å². The van der Waals surface area contributed by atoms with E-state index in [1.807, 2.05) is 11.8 Å². The fraction of sp³-hybridized carbons (Fsp3) is 0.353. The number of nitrogens with one attached hydrogen (secondary N) is 3. The van der Waals surface area contributed by atoms with Gasteiger partial charge in [-0.3, -0.25) is 4.79 Å². The zero-order valence-corrected chi connectivity index (χ0v) is 15.0. The first-order valence-corrected chi connectivity index (χ1v) is 8.73. The van der Waals surface area contributed by atoms with Crippen LogP contribution in [0.2, 0.25) is 5.02 Å². The molecule has 2 amide bonds. The van der Waals surface area contributed by atoms with Gasteiger partial charge in [0, 0.05) is 24.8 Å². The van der Waals surface area contributed by atoms with Gasteiger partial charge >= 0.3 is 6.03 Å². The molecule has 1 atom stereocenters. The van der Waals surface area contributed by atoms with Gasteiger partial charge in [-0.15, -0.1) is 0 Å².